The molecule has 10 nitrogen and oxygen atoms in total. The highest BCUT2D eigenvalue weighted by Gasteiger charge is 2.32. The topological polar surface area (TPSA) is 155 Å². The van der Waals surface area contributed by atoms with Crippen molar-refractivity contribution < 1.29 is 26.4 Å². The number of aliphatic imine (C=N–C) groups is 1. The first-order valence-electron chi connectivity index (χ1n) is 9.35. The molecule has 2 rings (SSSR count). The van der Waals surface area contributed by atoms with Crippen molar-refractivity contribution in [2.24, 2.45) is 10.9 Å². The van der Waals surface area contributed by atoms with Crippen LogP contribution in [0.1, 0.15) is 26.2 Å². The maximum atomic E-state index is 12.9. The van der Waals surface area contributed by atoms with Crippen molar-refractivity contribution in [3.63, 3.8) is 0 Å². The van der Waals surface area contributed by atoms with Crippen molar-refractivity contribution in [2.45, 2.75) is 37.1 Å². The summed E-state index contributed by atoms with van der Waals surface area (Å²) in [5.74, 6) is -1.06. The second-order valence-corrected chi connectivity index (χ2v) is 10.3. The Morgan fingerprint density at radius 2 is 2.07 bits per heavy atom. The van der Waals surface area contributed by atoms with Crippen LogP contribution >= 0.6 is 0 Å². The molecule has 3 N–H and O–H groups in total. The highest BCUT2D eigenvalue weighted by atomic mass is 32.2. The van der Waals surface area contributed by atoms with Gasteiger partial charge in [-0.2, -0.15) is 0 Å². The van der Waals surface area contributed by atoms with E-state index in [4.69, 9.17) is 10.1 Å². The summed E-state index contributed by atoms with van der Waals surface area (Å²) in [5, 5.41) is 7.74. The summed E-state index contributed by atoms with van der Waals surface area (Å²) in [7, 11) is -7.53. The summed E-state index contributed by atoms with van der Waals surface area (Å²) in [6.45, 7) is 1.76. The number of benzene rings is 1. The van der Waals surface area contributed by atoms with Crippen LogP contribution in [0.2, 0.25) is 0 Å². The first-order chi connectivity index (χ1) is 14.1. The highest BCUT2D eigenvalue weighted by molar-refractivity contribution is 7.92. The first kappa shape index (κ1) is 24.0. The number of nitrogens with one attached hydrogen (secondary N) is 3. The monoisotopic (exact) mass is 458 g/mol. The van der Waals surface area contributed by atoms with Crippen LogP contribution in [0.25, 0.3) is 0 Å². The van der Waals surface area contributed by atoms with Gasteiger partial charge in [0.1, 0.15) is 6.54 Å². The number of esters is 1. The first-order valence-corrected chi connectivity index (χ1v) is 12.7. The number of carbonyl (C=O) groups is 1. The van der Waals surface area contributed by atoms with Crippen LogP contribution in [-0.4, -0.2) is 60.2 Å². The number of hydrogen-bond acceptors (Lipinski definition) is 8. The van der Waals surface area contributed by atoms with Crippen LogP contribution in [-0.2, 0) is 29.6 Å². The second kappa shape index (κ2) is 10.1. The molecule has 0 aromatic heterocycles. The molecule has 0 aliphatic heterocycles. The lowest BCUT2D eigenvalue weighted by atomic mass is 9.84. The van der Waals surface area contributed by atoms with E-state index in [9.17, 15) is 21.6 Å². The summed E-state index contributed by atoms with van der Waals surface area (Å²) >= 11 is 0. The molecule has 0 heterocycles. The third-order valence-electron chi connectivity index (χ3n) is 4.42. The fraction of sp³-hybridized carbons (Fsp3) is 0.500. The molecule has 0 bridgehead atoms. The third-order valence-corrected chi connectivity index (χ3v) is 6.51. The van der Waals surface area contributed by atoms with Gasteiger partial charge in [0, 0.05) is 29.6 Å². The molecule has 30 heavy (non-hydrogen) atoms. The van der Waals surface area contributed by atoms with Crippen molar-refractivity contribution in [1.29, 1.82) is 5.41 Å². The quantitative estimate of drug-likeness (QED) is 0.372. The van der Waals surface area contributed by atoms with Crippen LogP contribution in [0.4, 0.5) is 5.69 Å². The normalized spacial score (nSPS) is 21.2. The van der Waals surface area contributed by atoms with E-state index in [1.165, 1.54) is 24.3 Å². The van der Waals surface area contributed by atoms with Gasteiger partial charge in [0.05, 0.1) is 17.8 Å². The fourth-order valence-electron chi connectivity index (χ4n) is 3.19. The van der Waals surface area contributed by atoms with Gasteiger partial charge in [-0.25, -0.2) is 21.6 Å². The SMILES string of the molecule is CCOC(=O)CN=C1CCCC(NS(=O)(=O)c2cccc(NS(C)(=O)=O)c2)C1C=N. The summed E-state index contributed by atoms with van der Waals surface area (Å²) in [6, 6.07) is 4.85. The number of ether oxygens (including phenoxy) is 1. The Morgan fingerprint density at radius 1 is 1.33 bits per heavy atom. The Balaban J connectivity index is 2.20. The van der Waals surface area contributed by atoms with Crippen LogP contribution in [0.5, 0.6) is 0 Å². The van der Waals surface area contributed by atoms with Gasteiger partial charge >= 0.3 is 5.97 Å². The molecule has 1 saturated carbocycles. The molecule has 12 heteroatoms. The summed E-state index contributed by atoms with van der Waals surface area (Å²) in [5.41, 5.74) is 0.703. The van der Waals surface area contributed by atoms with Gasteiger partial charge in [-0.15, -0.1) is 0 Å². The molecule has 1 aliphatic carbocycles. The molecule has 0 amide bonds. The molecule has 1 aromatic rings. The number of hydrogen-bond donors (Lipinski definition) is 3. The third kappa shape index (κ3) is 6.89. The predicted octanol–water partition coefficient (Wildman–Crippen LogP) is 1.16. The Labute approximate surface area is 176 Å². The van der Waals surface area contributed by atoms with Gasteiger partial charge < -0.3 is 10.1 Å². The molecule has 1 aromatic carbocycles. The average molecular weight is 459 g/mol. The zero-order valence-electron chi connectivity index (χ0n) is 16.8. The van der Waals surface area contributed by atoms with E-state index >= 15 is 0 Å². The van der Waals surface area contributed by atoms with Gasteiger partial charge in [0.25, 0.3) is 0 Å². The minimum Gasteiger partial charge on any atom is -0.465 e. The van der Waals surface area contributed by atoms with E-state index in [0.717, 1.165) is 12.5 Å². The zero-order valence-corrected chi connectivity index (χ0v) is 18.4. The van der Waals surface area contributed by atoms with Gasteiger partial charge in [-0.1, -0.05) is 6.07 Å². The van der Waals surface area contributed by atoms with E-state index in [2.05, 4.69) is 14.4 Å². The number of nitrogens with zero attached hydrogens (tertiary/aromatic N) is 1. The van der Waals surface area contributed by atoms with Crippen LogP contribution in [0.15, 0.2) is 34.2 Å². The summed E-state index contributed by atoms with van der Waals surface area (Å²) < 4.78 is 58.2. The minimum absolute atomic E-state index is 0.101. The maximum Gasteiger partial charge on any atom is 0.327 e. The lowest BCUT2D eigenvalue weighted by molar-refractivity contribution is -0.141. The van der Waals surface area contributed by atoms with Crippen LogP contribution < -0.4 is 9.44 Å². The molecular weight excluding hydrogens is 432 g/mol. The number of sulfonamides is 2. The van der Waals surface area contributed by atoms with E-state index in [0.29, 0.717) is 25.0 Å². The Hall–Kier alpha value is -2.31. The summed E-state index contributed by atoms with van der Waals surface area (Å²) in [6.07, 6.45) is 3.80. The molecule has 166 valence electrons. The number of carbonyl (C=O) groups excluding carboxylic acids is 1. The molecule has 1 aliphatic rings. The molecule has 2 atom stereocenters. The van der Waals surface area contributed by atoms with Crippen molar-refractivity contribution in [3.05, 3.63) is 24.3 Å². The predicted molar refractivity (Wildman–Crippen MR) is 114 cm³/mol. The Morgan fingerprint density at radius 3 is 2.70 bits per heavy atom. The van der Waals surface area contributed by atoms with Crippen molar-refractivity contribution >= 4 is 43.6 Å². The molecule has 2 unspecified atom stereocenters. The maximum absolute atomic E-state index is 12.9. The van der Waals surface area contributed by atoms with E-state index in [1.54, 1.807) is 6.92 Å². The van der Waals surface area contributed by atoms with Crippen molar-refractivity contribution in [1.82, 2.24) is 4.72 Å². The standard InChI is InChI=1S/C18H26N4O6S2/c1-3-28-18(23)12-20-16-8-5-9-17(15(16)11-19)22-30(26,27)14-7-4-6-13(10-14)21-29(2,24)25/h4,6-7,10-11,15,17,19,21-22H,3,5,8-9,12H2,1-2H3. The fourth-order valence-corrected chi connectivity index (χ4v) is 5.09. The lowest BCUT2D eigenvalue weighted by Crippen LogP contribution is -2.46. The van der Waals surface area contributed by atoms with Gasteiger partial charge in [0.15, 0.2) is 0 Å². The smallest absolute Gasteiger partial charge is 0.327 e. The van der Waals surface area contributed by atoms with E-state index in [-0.39, 0.29) is 23.7 Å². The molecular formula is C18H26N4O6S2. The molecule has 0 saturated heterocycles. The Kier molecular flexibility index (Phi) is 8.10. The zero-order chi connectivity index (χ0) is 22.4. The van der Waals surface area contributed by atoms with Crippen LogP contribution in [0.3, 0.4) is 0 Å². The average Bonchev–Trinajstić information content (AvgIpc) is 2.65. The van der Waals surface area contributed by atoms with Crippen LogP contribution in [0, 0.1) is 11.3 Å². The van der Waals surface area contributed by atoms with Gasteiger partial charge in [-0.05, 0) is 44.4 Å². The number of rotatable bonds is 9. The minimum atomic E-state index is -3.98. The molecule has 0 radical (unpaired) electrons. The van der Waals surface area contributed by atoms with Gasteiger partial charge in [0.2, 0.25) is 20.0 Å². The van der Waals surface area contributed by atoms with E-state index < -0.39 is 38.0 Å². The van der Waals surface area contributed by atoms with Gasteiger partial charge in [-0.3, -0.25) is 14.5 Å². The van der Waals surface area contributed by atoms with E-state index in [1.807, 2.05) is 0 Å². The largest absolute Gasteiger partial charge is 0.465 e. The molecule has 1 fully saturated rings. The van der Waals surface area contributed by atoms with Crippen molar-refractivity contribution in [2.75, 3.05) is 24.1 Å². The molecule has 0 spiro atoms. The second-order valence-electron chi connectivity index (χ2n) is 6.83. The van der Waals surface area contributed by atoms with Crippen molar-refractivity contribution in [3.8, 4) is 0 Å². The highest BCUT2D eigenvalue weighted by Crippen LogP contribution is 2.24. The number of anilines is 1. The lowest BCUT2D eigenvalue weighted by Gasteiger charge is -2.30. The summed E-state index contributed by atoms with van der Waals surface area (Å²) in [4.78, 5) is 15.7. The Bertz CT molecular complexity index is 1020.